The fourth-order valence-corrected chi connectivity index (χ4v) is 4.83. The zero-order chi connectivity index (χ0) is 20.8. The van der Waals surface area contributed by atoms with Gasteiger partial charge in [0, 0.05) is 46.6 Å². The zero-order valence-electron chi connectivity index (χ0n) is 16.8. The highest BCUT2D eigenvalue weighted by Gasteiger charge is 2.14. The first-order valence-corrected chi connectivity index (χ1v) is 11.5. The van der Waals surface area contributed by atoms with Crippen LogP contribution in [0.2, 0.25) is 0 Å². The first-order chi connectivity index (χ1) is 15.2. The van der Waals surface area contributed by atoms with Crippen LogP contribution in [0.5, 0.6) is 0 Å². The monoisotopic (exact) mass is 520 g/mol. The second kappa shape index (κ2) is 7.65. The minimum absolute atomic E-state index is 0.875. The van der Waals surface area contributed by atoms with Crippen LogP contribution < -0.4 is 10.2 Å². The molecule has 6 rings (SSSR count). The largest absolute Gasteiger partial charge is 0.369 e. The summed E-state index contributed by atoms with van der Waals surface area (Å²) in [6, 6.07) is 21.0. The Kier molecular flexibility index (Phi) is 4.65. The Morgan fingerprint density at radius 1 is 0.774 bits per heavy atom. The van der Waals surface area contributed by atoms with Gasteiger partial charge in [0.1, 0.15) is 11.6 Å². The van der Waals surface area contributed by atoms with Crippen molar-refractivity contribution in [3.63, 3.8) is 0 Å². The molecular formula is C24H21IN6. The molecular weight excluding hydrogens is 499 g/mol. The molecule has 6 nitrogen and oxygen atoms in total. The van der Waals surface area contributed by atoms with Gasteiger partial charge in [0.05, 0.1) is 22.1 Å². The molecule has 0 amide bonds. The number of aromatic amines is 2. The Morgan fingerprint density at radius 3 is 2.32 bits per heavy atom. The van der Waals surface area contributed by atoms with Gasteiger partial charge in [0.15, 0.2) is 0 Å². The Morgan fingerprint density at radius 2 is 1.48 bits per heavy atom. The minimum atomic E-state index is 0.875. The summed E-state index contributed by atoms with van der Waals surface area (Å²) in [4.78, 5) is 19.0. The van der Waals surface area contributed by atoms with E-state index in [1.165, 1.54) is 9.26 Å². The molecule has 1 aliphatic heterocycles. The van der Waals surface area contributed by atoms with E-state index in [1.54, 1.807) is 0 Å². The average Bonchev–Trinajstić information content (AvgIpc) is 3.43. The van der Waals surface area contributed by atoms with Crippen LogP contribution >= 0.6 is 22.6 Å². The number of imidazole rings is 2. The number of halogens is 1. The van der Waals surface area contributed by atoms with E-state index in [1.807, 2.05) is 12.1 Å². The molecule has 1 aliphatic rings. The molecule has 0 bridgehead atoms. The molecule has 1 saturated heterocycles. The number of aromatic nitrogens is 4. The van der Waals surface area contributed by atoms with Crippen molar-refractivity contribution in [2.75, 3.05) is 31.1 Å². The molecule has 3 heterocycles. The summed E-state index contributed by atoms with van der Waals surface area (Å²) in [6.45, 7) is 4.12. The summed E-state index contributed by atoms with van der Waals surface area (Å²) in [7, 11) is 0. The molecule has 154 valence electrons. The third-order valence-electron chi connectivity index (χ3n) is 5.83. The van der Waals surface area contributed by atoms with E-state index >= 15 is 0 Å². The molecule has 0 radical (unpaired) electrons. The summed E-state index contributed by atoms with van der Waals surface area (Å²) < 4.78 is 1.18. The van der Waals surface area contributed by atoms with E-state index in [0.29, 0.717) is 0 Å². The molecule has 0 aliphatic carbocycles. The number of nitrogens with zero attached hydrogens (tertiary/aromatic N) is 3. The number of fused-ring (bicyclic) bond motifs is 2. The summed E-state index contributed by atoms with van der Waals surface area (Å²) in [6.07, 6.45) is 0. The molecule has 31 heavy (non-hydrogen) atoms. The van der Waals surface area contributed by atoms with Gasteiger partial charge in [-0.1, -0.05) is 18.2 Å². The molecule has 2 aromatic heterocycles. The van der Waals surface area contributed by atoms with Crippen molar-refractivity contribution in [2.45, 2.75) is 0 Å². The molecule has 7 heteroatoms. The third kappa shape index (κ3) is 3.47. The minimum Gasteiger partial charge on any atom is -0.369 e. The van der Waals surface area contributed by atoms with Crippen LogP contribution in [-0.2, 0) is 0 Å². The summed E-state index contributed by atoms with van der Waals surface area (Å²) >= 11 is 2.35. The van der Waals surface area contributed by atoms with Crippen LogP contribution in [0.25, 0.3) is 44.8 Å². The van der Waals surface area contributed by atoms with Crippen molar-refractivity contribution in [3.05, 3.63) is 64.2 Å². The van der Waals surface area contributed by atoms with Gasteiger partial charge in [0.2, 0.25) is 0 Å². The van der Waals surface area contributed by atoms with E-state index in [0.717, 1.165) is 71.0 Å². The molecule has 0 atom stereocenters. The summed E-state index contributed by atoms with van der Waals surface area (Å²) in [5, 5.41) is 3.41. The van der Waals surface area contributed by atoms with Gasteiger partial charge in [-0.3, -0.25) is 0 Å². The van der Waals surface area contributed by atoms with Crippen molar-refractivity contribution in [3.8, 4) is 22.8 Å². The van der Waals surface area contributed by atoms with Gasteiger partial charge >= 0.3 is 0 Å². The van der Waals surface area contributed by atoms with Crippen LogP contribution in [0.15, 0.2) is 60.7 Å². The number of H-pyrrole nitrogens is 2. The molecule has 5 aromatic rings. The predicted molar refractivity (Wildman–Crippen MR) is 134 cm³/mol. The van der Waals surface area contributed by atoms with Crippen molar-refractivity contribution in [2.24, 2.45) is 0 Å². The molecule has 0 saturated carbocycles. The number of piperazine rings is 1. The molecule has 3 aromatic carbocycles. The molecule has 3 N–H and O–H groups in total. The lowest BCUT2D eigenvalue weighted by Gasteiger charge is -2.29. The van der Waals surface area contributed by atoms with E-state index in [9.17, 15) is 0 Å². The van der Waals surface area contributed by atoms with E-state index in [4.69, 9.17) is 9.97 Å². The fourth-order valence-electron chi connectivity index (χ4n) is 4.19. The topological polar surface area (TPSA) is 72.6 Å². The number of benzene rings is 3. The molecule has 1 fully saturated rings. The van der Waals surface area contributed by atoms with Gasteiger partial charge in [0.25, 0.3) is 0 Å². The molecule has 0 unspecified atom stereocenters. The Hall–Kier alpha value is -2.91. The SMILES string of the molecule is Ic1ccccc1-c1nc2ccc(-c3nc4ccc(N5CCNCC5)cc4[nH]3)cc2[nH]1. The average molecular weight is 520 g/mol. The lowest BCUT2D eigenvalue weighted by molar-refractivity contribution is 0.589. The number of hydrogen-bond acceptors (Lipinski definition) is 4. The maximum atomic E-state index is 4.83. The lowest BCUT2D eigenvalue weighted by Crippen LogP contribution is -2.43. The van der Waals surface area contributed by atoms with Crippen molar-refractivity contribution in [1.29, 1.82) is 0 Å². The van der Waals surface area contributed by atoms with Crippen LogP contribution in [0.1, 0.15) is 0 Å². The Bertz CT molecular complexity index is 1400. The third-order valence-corrected chi connectivity index (χ3v) is 6.77. The van der Waals surface area contributed by atoms with Gasteiger partial charge in [-0.25, -0.2) is 9.97 Å². The number of anilines is 1. The normalized spacial score (nSPS) is 14.5. The van der Waals surface area contributed by atoms with Crippen molar-refractivity contribution < 1.29 is 0 Å². The van der Waals surface area contributed by atoms with Crippen LogP contribution in [0.3, 0.4) is 0 Å². The number of rotatable bonds is 3. The second-order valence-corrected chi connectivity index (χ2v) is 8.98. The maximum absolute atomic E-state index is 4.83. The van der Waals surface area contributed by atoms with Crippen LogP contribution in [-0.4, -0.2) is 46.1 Å². The number of hydrogen-bond donors (Lipinski definition) is 3. The second-order valence-electron chi connectivity index (χ2n) is 7.82. The van der Waals surface area contributed by atoms with Crippen LogP contribution in [0.4, 0.5) is 5.69 Å². The highest BCUT2D eigenvalue weighted by molar-refractivity contribution is 14.1. The smallest absolute Gasteiger partial charge is 0.139 e. The first-order valence-electron chi connectivity index (χ1n) is 10.4. The fraction of sp³-hybridized carbons (Fsp3) is 0.167. The van der Waals surface area contributed by atoms with E-state index < -0.39 is 0 Å². The predicted octanol–water partition coefficient (Wildman–Crippen LogP) is 4.79. The summed E-state index contributed by atoms with van der Waals surface area (Å²) in [5.74, 6) is 1.77. The Labute approximate surface area is 193 Å². The van der Waals surface area contributed by atoms with Crippen LogP contribution in [0, 0.1) is 3.57 Å². The van der Waals surface area contributed by atoms with Crippen molar-refractivity contribution in [1.82, 2.24) is 25.3 Å². The first kappa shape index (κ1) is 18.8. The highest BCUT2D eigenvalue weighted by atomic mass is 127. The van der Waals surface area contributed by atoms with Crippen molar-refractivity contribution >= 4 is 50.3 Å². The zero-order valence-corrected chi connectivity index (χ0v) is 19.0. The standard InChI is InChI=1S/C24H21IN6/c25-18-4-2-1-3-17(18)24-28-19-7-5-15(13-21(19)30-24)23-27-20-8-6-16(14-22(20)29-23)31-11-9-26-10-12-31/h1-8,13-14,26H,9-12H2,(H,27,29)(H,28,30). The van der Waals surface area contributed by atoms with Gasteiger partial charge in [-0.05, 0) is 65.1 Å². The molecule has 0 spiro atoms. The van der Waals surface area contributed by atoms with Gasteiger partial charge in [-0.15, -0.1) is 0 Å². The Balaban J connectivity index is 1.36. The lowest BCUT2D eigenvalue weighted by atomic mass is 10.2. The summed E-state index contributed by atoms with van der Waals surface area (Å²) in [5.41, 5.74) is 7.42. The van der Waals surface area contributed by atoms with E-state index in [2.05, 4.69) is 91.3 Å². The maximum Gasteiger partial charge on any atom is 0.139 e. The van der Waals surface area contributed by atoms with E-state index in [-0.39, 0.29) is 0 Å². The van der Waals surface area contributed by atoms with Gasteiger partial charge in [-0.2, -0.15) is 0 Å². The quantitative estimate of drug-likeness (QED) is 0.300. The number of nitrogens with one attached hydrogen (secondary N) is 3. The van der Waals surface area contributed by atoms with Gasteiger partial charge < -0.3 is 20.2 Å². The highest BCUT2D eigenvalue weighted by Crippen LogP contribution is 2.29.